The number of Topliss-reactive ketones (excluding diaryl/α,β-unsaturated/α-hetero) is 1. The van der Waals surface area contributed by atoms with E-state index in [-0.39, 0.29) is 53.7 Å². The Hall–Kier alpha value is -3.53. The first-order chi connectivity index (χ1) is 20.6. The van der Waals surface area contributed by atoms with Crippen LogP contribution in [0.25, 0.3) is 35.2 Å². The largest absolute Gasteiger partial charge is 2.00 e. The van der Waals surface area contributed by atoms with Gasteiger partial charge in [0.2, 0.25) is 0 Å². The SMILES string of the molecule is C=Cc1c2[n-]c(c1C)/C=C1\[N-]/C(=C3\c4[n-]c(c(C)c4C(=O)[C@@H]3COC)/C=c3\[n-]/c(c(C)c3CC)=C\2)[C@@H](CCC(=O)O)[C@@H]1C.[Mg+2]. The fraction of sp³-hybridized carbons (Fsp3) is 0.371. The van der Waals surface area contributed by atoms with Gasteiger partial charge in [-0.3, -0.25) is 9.59 Å². The van der Waals surface area contributed by atoms with Crippen molar-refractivity contribution in [2.24, 2.45) is 17.8 Å². The van der Waals surface area contributed by atoms with Crippen LogP contribution in [-0.4, -0.2) is 53.6 Å². The van der Waals surface area contributed by atoms with Crippen molar-refractivity contribution >= 4 is 64.7 Å². The summed E-state index contributed by atoms with van der Waals surface area (Å²) in [5.41, 5.74) is 10.8. The number of carboxylic acids is 1. The standard InChI is InChI=1S/C35H38N4O4.Mg/c1-8-20-16(3)24-12-26-18(5)22(10-11-30(40)41)33(38-26)32-23(15-43-7)35(42)31-19(6)27(39-34(31)32)14-29-21(9-2)17(4)25(37-29)13-28(20)36-24;/h8,12-14,18,22-23H,1,9-11,15H2,2-7H3,(H3,38,39,40,41,42);/q-2;+2/p-2/b25-13-,26-12-,29-14-;/t18-,22-,23+;/m0./s1. The second-order valence-corrected chi connectivity index (χ2v) is 11.8. The van der Waals surface area contributed by atoms with Crippen molar-refractivity contribution in [3.05, 3.63) is 90.1 Å². The Morgan fingerprint density at radius 3 is 2.39 bits per heavy atom. The molecule has 1 fully saturated rings. The van der Waals surface area contributed by atoms with Crippen molar-refractivity contribution in [1.82, 2.24) is 15.0 Å². The number of ketones is 1. The third kappa shape index (κ3) is 4.95. The number of carbonyl (C=O) groups excluding carboxylic acids is 1. The van der Waals surface area contributed by atoms with Gasteiger partial charge in [0.1, 0.15) is 0 Å². The van der Waals surface area contributed by atoms with Crippen molar-refractivity contribution in [3.63, 3.8) is 0 Å². The maximum absolute atomic E-state index is 14.0. The van der Waals surface area contributed by atoms with E-state index in [0.717, 1.165) is 73.3 Å². The molecule has 3 aliphatic rings. The monoisotopic (exact) mass is 600 g/mol. The minimum absolute atomic E-state index is 0. The van der Waals surface area contributed by atoms with Gasteiger partial charge in [-0.15, -0.1) is 33.5 Å². The Balaban J connectivity index is 0.00000384. The first kappa shape index (κ1) is 31.9. The minimum atomic E-state index is -0.865. The van der Waals surface area contributed by atoms with E-state index >= 15 is 0 Å². The number of nitrogens with zero attached hydrogens (tertiary/aromatic N) is 4. The molecule has 9 heteroatoms. The summed E-state index contributed by atoms with van der Waals surface area (Å²) in [5.74, 6) is -1.75. The molecule has 224 valence electrons. The number of allylic oxidation sites excluding steroid dienone is 2. The molecule has 0 amide bonds. The summed E-state index contributed by atoms with van der Waals surface area (Å²) in [6, 6.07) is 0. The number of carbonyl (C=O) groups is 2. The van der Waals surface area contributed by atoms with E-state index < -0.39 is 11.9 Å². The van der Waals surface area contributed by atoms with E-state index in [4.69, 9.17) is 25.0 Å². The molecular weight excluding hydrogens is 565 g/mol. The molecule has 1 saturated heterocycles. The third-order valence-electron chi connectivity index (χ3n) is 9.43. The molecule has 3 aromatic rings. The van der Waals surface area contributed by atoms with Crippen LogP contribution < -0.4 is 25.7 Å². The molecule has 44 heavy (non-hydrogen) atoms. The van der Waals surface area contributed by atoms with Crippen LogP contribution >= 0.6 is 0 Å². The quantitative estimate of drug-likeness (QED) is 0.407. The predicted molar refractivity (Wildman–Crippen MR) is 173 cm³/mol. The van der Waals surface area contributed by atoms with Crippen molar-refractivity contribution < 1.29 is 19.4 Å². The fourth-order valence-corrected chi connectivity index (χ4v) is 7.00. The summed E-state index contributed by atoms with van der Waals surface area (Å²) in [6.07, 6.45) is 9.00. The fourth-order valence-electron chi connectivity index (χ4n) is 7.00. The molecule has 0 spiro atoms. The van der Waals surface area contributed by atoms with Crippen molar-refractivity contribution in [1.29, 1.82) is 0 Å². The van der Waals surface area contributed by atoms with Crippen LogP contribution in [0.15, 0.2) is 18.0 Å². The molecular formula is C35H36MgN4O4-2. The zero-order chi connectivity index (χ0) is 30.7. The van der Waals surface area contributed by atoms with Crippen molar-refractivity contribution in [2.45, 2.75) is 53.9 Å². The smallest absolute Gasteiger partial charge is 0.664 e. The van der Waals surface area contributed by atoms with E-state index in [9.17, 15) is 14.7 Å². The van der Waals surface area contributed by atoms with Gasteiger partial charge in [0.15, 0.2) is 5.78 Å². The Labute approximate surface area is 273 Å². The summed E-state index contributed by atoms with van der Waals surface area (Å²) >= 11 is 0. The number of carboxylic acid groups (broad SMARTS) is 1. The molecule has 0 saturated carbocycles. The summed E-state index contributed by atoms with van der Waals surface area (Å²) in [5, 5.41) is 16.4. The van der Waals surface area contributed by atoms with E-state index in [1.54, 1.807) is 7.11 Å². The van der Waals surface area contributed by atoms with Crippen LogP contribution in [0.5, 0.6) is 0 Å². The molecule has 0 aromatic carbocycles. The molecule has 2 aliphatic heterocycles. The van der Waals surface area contributed by atoms with Gasteiger partial charge in [-0.25, -0.2) is 0 Å². The van der Waals surface area contributed by atoms with Crippen LogP contribution in [0.2, 0.25) is 0 Å². The van der Waals surface area contributed by atoms with Crippen LogP contribution in [0.4, 0.5) is 0 Å². The summed E-state index contributed by atoms with van der Waals surface area (Å²) < 4.78 is 5.54. The average molecular weight is 601 g/mol. The number of aromatic nitrogens is 3. The van der Waals surface area contributed by atoms with E-state index in [1.807, 2.05) is 38.2 Å². The number of aliphatic carboxylic acids is 1. The van der Waals surface area contributed by atoms with Crippen LogP contribution in [0.1, 0.15) is 87.6 Å². The second kappa shape index (κ2) is 12.1. The topological polar surface area (TPSA) is 120 Å². The van der Waals surface area contributed by atoms with Gasteiger partial charge in [-0.05, 0) is 51.0 Å². The predicted octanol–water partition coefficient (Wildman–Crippen LogP) is 3.99. The number of rotatable bonds is 7. The number of fused-ring (bicyclic) bond motifs is 7. The van der Waals surface area contributed by atoms with Gasteiger partial charge in [0.25, 0.3) is 0 Å². The summed E-state index contributed by atoms with van der Waals surface area (Å²) in [4.78, 5) is 40.8. The maximum Gasteiger partial charge on any atom is 2.00 e. The van der Waals surface area contributed by atoms with E-state index in [2.05, 4.69) is 27.4 Å². The molecule has 5 heterocycles. The van der Waals surface area contributed by atoms with Gasteiger partial charge in [0.05, 0.1) is 12.5 Å². The van der Waals surface area contributed by atoms with Gasteiger partial charge >= 0.3 is 29.0 Å². The Kier molecular flexibility index (Phi) is 8.77. The first-order valence-electron chi connectivity index (χ1n) is 14.8. The van der Waals surface area contributed by atoms with Crippen LogP contribution in [-0.2, 0) is 16.0 Å². The molecule has 1 aliphatic carbocycles. The van der Waals surface area contributed by atoms with Gasteiger partial charge in [-0.2, -0.15) is 11.4 Å². The Bertz CT molecular complexity index is 1880. The van der Waals surface area contributed by atoms with Crippen LogP contribution in [0, 0.1) is 38.5 Å². The number of hydrogen-bond donors (Lipinski definition) is 1. The minimum Gasteiger partial charge on any atom is -0.664 e. The average Bonchev–Trinajstić information content (AvgIpc) is 3.70. The van der Waals surface area contributed by atoms with Gasteiger partial charge in [-0.1, -0.05) is 72.6 Å². The molecule has 1 N–H and O–H groups in total. The number of ether oxygens (including phenoxy) is 1. The van der Waals surface area contributed by atoms with Crippen LogP contribution in [0.3, 0.4) is 0 Å². The molecule has 0 unspecified atom stereocenters. The van der Waals surface area contributed by atoms with E-state index in [1.165, 1.54) is 0 Å². The molecule has 0 radical (unpaired) electrons. The Morgan fingerprint density at radius 1 is 1.02 bits per heavy atom. The zero-order valence-electron chi connectivity index (χ0n) is 26.2. The molecule has 3 aromatic heterocycles. The van der Waals surface area contributed by atoms with Gasteiger partial charge < -0.3 is 30.1 Å². The Morgan fingerprint density at radius 2 is 1.73 bits per heavy atom. The third-order valence-corrected chi connectivity index (χ3v) is 9.43. The second-order valence-electron chi connectivity index (χ2n) is 11.8. The molecule has 6 rings (SSSR count). The summed E-state index contributed by atoms with van der Waals surface area (Å²) in [6.45, 7) is 14.5. The normalized spacial score (nSPS) is 24.5. The van der Waals surface area contributed by atoms with Crippen molar-refractivity contribution in [3.8, 4) is 0 Å². The number of methoxy groups -OCH3 is 1. The molecule has 8 nitrogen and oxygen atoms in total. The first-order valence-corrected chi connectivity index (χ1v) is 14.8. The zero-order valence-corrected chi connectivity index (χ0v) is 27.7. The number of hydrogen-bond acceptors (Lipinski definition) is 3. The summed E-state index contributed by atoms with van der Waals surface area (Å²) in [7, 11) is 1.58. The van der Waals surface area contributed by atoms with Gasteiger partial charge in [0, 0.05) is 19.1 Å². The molecule has 8 bridgehead atoms. The molecule has 3 atom stereocenters. The van der Waals surface area contributed by atoms with Crippen molar-refractivity contribution in [2.75, 3.05) is 13.7 Å². The van der Waals surface area contributed by atoms with E-state index in [0.29, 0.717) is 23.4 Å². The maximum atomic E-state index is 14.0.